The van der Waals surface area contributed by atoms with Crippen molar-refractivity contribution in [3.8, 4) is 11.5 Å². The van der Waals surface area contributed by atoms with Gasteiger partial charge < -0.3 is 42.2 Å². The third kappa shape index (κ3) is 9.55. The molecular formula is C30H34F6N6O4S2. The number of thioether (sulfide) groups is 2. The van der Waals surface area contributed by atoms with Crippen molar-refractivity contribution >= 4 is 58.1 Å². The zero-order chi connectivity index (χ0) is 35.8. The SMILES string of the molecule is CNCCSc1c(N)cc(C(F)(F)F)cc1NC(=O)c1cc(C(=O)Nc2cc(C(F)(F)F)cc(N)c2SCCNC)c(OC)cc1OC. The van der Waals surface area contributed by atoms with Crippen LogP contribution >= 0.6 is 23.5 Å². The molecule has 3 aromatic rings. The Hall–Kier alpha value is -4.00. The van der Waals surface area contributed by atoms with Gasteiger partial charge in [-0.1, -0.05) is 0 Å². The van der Waals surface area contributed by atoms with Crippen molar-refractivity contribution in [2.45, 2.75) is 22.1 Å². The largest absolute Gasteiger partial charge is 0.496 e. The molecule has 0 aliphatic rings. The summed E-state index contributed by atoms with van der Waals surface area (Å²) in [5.41, 5.74) is 8.26. The van der Waals surface area contributed by atoms with Crippen molar-refractivity contribution in [1.29, 1.82) is 0 Å². The molecule has 0 fully saturated rings. The minimum atomic E-state index is -4.78. The maximum atomic E-state index is 13.7. The van der Waals surface area contributed by atoms with Crippen LogP contribution in [0.15, 0.2) is 46.2 Å². The third-order valence-corrected chi connectivity index (χ3v) is 8.90. The van der Waals surface area contributed by atoms with Crippen LogP contribution in [0.25, 0.3) is 0 Å². The summed E-state index contributed by atoms with van der Waals surface area (Å²) in [6.45, 7) is 0.965. The van der Waals surface area contributed by atoms with Gasteiger partial charge in [-0.25, -0.2) is 0 Å². The summed E-state index contributed by atoms with van der Waals surface area (Å²) in [4.78, 5) is 27.6. The molecule has 0 aliphatic carbocycles. The molecule has 8 N–H and O–H groups in total. The molecule has 18 heteroatoms. The Morgan fingerprint density at radius 3 is 1.35 bits per heavy atom. The van der Waals surface area contributed by atoms with Crippen molar-refractivity contribution in [2.24, 2.45) is 0 Å². The number of carbonyl (C=O) groups excluding carboxylic acids is 2. The second-order valence-electron chi connectivity index (χ2n) is 9.94. The van der Waals surface area contributed by atoms with Crippen LogP contribution in [-0.4, -0.2) is 64.7 Å². The number of hydrogen-bond acceptors (Lipinski definition) is 10. The average Bonchev–Trinajstić information content (AvgIpc) is 3.01. The van der Waals surface area contributed by atoms with E-state index >= 15 is 0 Å². The second kappa shape index (κ2) is 16.4. The van der Waals surface area contributed by atoms with Gasteiger partial charge in [-0.05, 0) is 44.4 Å². The number of methoxy groups -OCH3 is 2. The zero-order valence-corrected chi connectivity index (χ0v) is 27.8. The van der Waals surface area contributed by atoms with E-state index in [-0.39, 0.29) is 55.2 Å². The number of hydrogen-bond donors (Lipinski definition) is 6. The Morgan fingerprint density at radius 1 is 0.667 bits per heavy atom. The first kappa shape index (κ1) is 38.4. The van der Waals surface area contributed by atoms with Crippen molar-refractivity contribution in [3.63, 3.8) is 0 Å². The lowest BCUT2D eigenvalue weighted by Gasteiger charge is -2.19. The van der Waals surface area contributed by atoms with Crippen LogP contribution < -0.4 is 42.2 Å². The molecule has 0 heterocycles. The number of halogens is 6. The van der Waals surface area contributed by atoms with Crippen LogP contribution in [0, 0.1) is 0 Å². The van der Waals surface area contributed by atoms with Gasteiger partial charge in [0, 0.05) is 42.0 Å². The monoisotopic (exact) mass is 720 g/mol. The van der Waals surface area contributed by atoms with Crippen LogP contribution in [0.1, 0.15) is 31.8 Å². The van der Waals surface area contributed by atoms with Crippen LogP contribution in [0.4, 0.5) is 49.1 Å². The molecule has 0 saturated carbocycles. The van der Waals surface area contributed by atoms with Gasteiger partial charge in [-0.2, -0.15) is 26.3 Å². The molecule has 0 bridgehead atoms. The summed E-state index contributed by atoms with van der Waals surface area (Å²) in [6.07, 6.45) is -9.55. The number of nitrogens with one attached hydrogen (secondary N) is 4. The predicted molar refractivity (Wildman–Crippen MR) is 176 cm³/mol. The molecule has 0 saturated heterocycles. The highest BCUT2D eigenvalue weighted by atomic mass is 32.2. The van der Waals surface area contributed by atoms with E-state index in [2.05, 4.69) is 21.3 Å². The Morgan fingerprint density at radius 2 is 1.04 bits per heavy atom. The summed E-state index contributed by atoms with van der Waals surface area (Å²) in [7, 11) is 5.81. The fourth-order valence-electron chi connectivity index (χ4n) is 4.28. The smallest absolute Gasteiger partial charge is 0.416 e. The Balaban J connectivity index is 2.09. The lowest BCUT2D eigenvalue weighted by Crippen LogP contribution is -2.19. The van der Waals surface area contributed by atoms with E-state index in [0.29, 0.717) is 24.6 Å². The van der Waals surface area contributed by atoms with E-state index in [1.165, 1.54) is 20.3 Å². The molecule has 3 aromatic carbocycles. The molecular weight excluding hydrogens is 686 g/mol. The molecule has 0 unspecified atom stereocenters. The molecule has 0 radical (unpaired) electrons. The summed E-state index contributed by atoms with van der Waals surface area (Å²) in [5, 5.41) is 10.7. The number of alkyl halides is 6. The van der Waals surface area contributed by atoms with E-state index in [1.807, 2.05) is 0 Å². The molecule has 0 spiro atoms. The second-order valence-corrected chi connectivity index (χ2v) is 12.2. The Labute approximate surface area is 281 Å². The van der Waals surface area contributed by atoms with E-state index < -0.39 is 35.3 Å². The van der Waals surface area contributed by atoms with Gasteiger partial charge in [0.15, 0.2) is 0 Å². The van der Waals surface area contributed by atoms with Crippen molar-refractivity contribution in [3.05, 3.63) is 58.7 Å². The number of nitrogen functional groups attached to an aromatic ring is 2. The van der Waals surface area contributed by atoms with Crippen LogP contribution in [0.3, 0.4) is 0 Å². The standard InChI is InChI=1S/C30H34F6N6O4S2/c1-39-5-7-47-25-19(37)9-15(29(31,32)33)11-21(25)41-27(43)17-13-18(24(46-4)14-23(17)45-3)28(44)42-22-12-16(30(34,35)36)10-20(38)26(22)48-8-6-40-2/h9-14,39-40H,5-8,37-38H2,1-4H3,(H,41,43)(H,42,44). The van der Waals surface area contributed by atoms with E-state index in [0.717, 1.165) is 53.9 Å². The summed E-state index contributed by atoms with van der Waals surface area (Å²) < 4.78 is 92.6. The molecule has 0 aliphatic heterocycles. The molecule has 10 nitrogen and oxygen atoms in total. The van der Waals surface area contributed by atoms with Gasteiger partial charge in [0.05, 0.1) is 57.6 Å². The zero-order valence-electron chi connectivity index (χ0n) is 26.2. The third-order valence-electron chi connectivity index (χ3n) is 6.59. The van der Waals surface area contributed by atoms with Crippen LogP contribution in [0.2, 0.25) is 0 Å². The minimum Gasteiger partial charge on any atom is -0.496 e. The first-order valence-corrected chi connectivity index (χ1v) is 16.0. The number of benzene rings is 3. The fraction of sp³-hybridized carbons (Fsp3) is 0.333. The van der Waals surface area contributed by atoms with Crippen LogP contribution in [-0.2, 0) is 12.4 Å². The molecule has 262 valence electrons. The average molecular weight is 721 g/mol. The molecule has 0 atom stereocenters. The molecule has 3 rings (SSSR count). The van der Waals surface area contributed by atoms with Gasteiger partial charge in [-0.3, -0.25) is 9.59 Å². The van der Waals surface area contributed by atoms with Gasteiger partial charge >= 0.3 is 12.4 Å². The molecule has 48 heavy (non-hydrogen) atoms. The fourth-order valence-corrected chi connectivity index (χ4v) is 6.28. The quantitative estimate of drug-likeness (QED) is 0.0504. The summed E-state index contributed by atoms with van der Waals surface area (Å²) >= 11 is 2.22. The van der Waals surface area contributed by atoms with Crippen molar-refractivity contribution in [1.82, 2.24) is 10.6 Å². The lowest BCUT2D eigenvalue weighted by molar-refractivity contribution is -0.138. The number of carbonyl (C=O) groups is 2. The first-order chi connectivity index (χ1) is 22.5. The Kier molecular flexibility index (Phi) is 13.1. The number of nitrogens with two attached hydrogens (primary N) is 2. The summed E-state index contributed by atoms with van der Waals surface area (Å²) in [6, 6.07) is 5.25. The van der Waals surface area contributed by atoms with E-state index in [4.69, 9.17) is 20.9 Å². The summed E-state index contributed by atoms with van der Waals surface area (Å²) in [5.74, 6) is -1.36. The topological polar surface area (TPSA) is 153 Å². The minimum absolute atomic E-state index is 0.114. The number of ether oxygens (including phenoxy) is 2. The maximum Gasteiger partial charge on any atom is 0.416 e. The van der Waals surface area contributed by atoms with Gasteiger partial charge in [0.25, 0.3) is 11.8 Å². The van der Waals surface area contributed by atoms with Gasteiger partial charge in [0.1, 0.15) is 11.5 Å². The highest BCUT2D eigenvalue weighted by Crippen LogP contribution is 2.42. The first-order valence-electron chi connectivity index (χ1n) is 14.0. The van der Waals surface area contributed by atoms with Crippen LogP contribution in [0.5, 0.6) is 11.5 Å². The van der Waals surface area contributed by atoms with E-state index in [1.54, 1.807) is 14.1 Å². The highest BCUT2D eigenvalue weighted by molar-refractivity contribution is 7.99. The van der Waals surface area contributed by atoms with Gasteiger partial charge in [0.2, 0.25) is 0 Å². The molecule has 2 amide bonds. The Bertz CT molecular complexity index is 1520. The predicted octanol–water partition coefficient (Wildman–Crippen LogP) is 6.03. The van der Waals surface area contributed by atoms with Crippen molar-refractivity contribution < 1.29 is 45.4 Å². The number of amides is 2. The van der Waals surface area contributed by atoms with Crippen molar-refractivity contribution in [2.75, 3.05) is 75.0 Å². The lowest BCUT2D eigenvalue weighted by atomic mass is 10.1. The van der Waals surface area contributed by atoms with E-state index in [9.17, 15) is 35.9 Å². The van der Waals surface area contributed by atoms with Gasteiger partial charge in [-0.15, -0.1) is 23.5 Å². The highest BCUT2D eigenvalue weighted by Gasteiger charge is 2.34. The number of anilines is 4. The normalized spacial score (nSPS) is 11.7. The molecule has 0 aromatic heterocycles. The number of rotatable bonds is 14. The maximum absolute atomic E-state index is 13.7.